The van der Waals surface area contributed by atoms with Gasteiger partial charge < -0.3 is 10.4 Å². The van der Waals surface area contributed by atoms with Gasteiger partial charge in [-0.25, -0.2) is 4.79 Å². The summed E-state index contributed by atoms with van der Waals surface area (Å²) < 4.78 is 0. The van der Waals surface area contributed by atoms with E-state index in [0.717, 1.165) is 16.9 Å². The van der Waals surface area contributed by atoms with Crippen molar-refractivity contribution >= 4 is 17.3 Å². The van der Waals surface area contributed by atoms with Crippen molar-refractivity contribution in [2.24, 2.45) is 0 Å². The fraction of sp³-hybridized carbons (Fsp3) is 0.188. The summed E-state index contributed by atoms with van der Waals surface area (Å²) in [6.07, 6.45) is 0. The molecular weight excluding hydrogens is 238 g/mol. The third-order valence-corrected chi connectivity index (χ3v) is 2.97. The Kier molecular flexibility index (Phi) is 3.56. The number of hydrogen-bond acceptors (Lipinski definition) is 2. The molecule has 0 aliphatic rings. The van der Waals surface area contributed by atoms with Crippen LogP contribution < -0.4 is 5.32 Å². The quantitative estimate of drug-likeness (QED) is 0.869. The zero-order valence-electron chi connectivity index (χ0n) is 11.3. The predicted octanol–water partition coefficient (Wildman–Crippen LogP) is 4.05. The summed E-state index contributed by atoms with van der Waals surface area (Å²) in [6.45, 7) is 6.01. The lowest BCUT2D eigenvalue weighted by Crippen LogP contribution is -1.99. The van der Waals surface area contributed by atoms with Gasteiger partial charge >= 0.3 is 5.97 Å². The van der Waals surface area contributed by atoms with Crippen LogP contribution in [0.5, 0.6) is 0 Å². The number of hydrogen-bond donors (Lipinski definition) is 2. The number of anilines is 2. The van der Waals surface area contributed by atoms with Gasteiger partial charge in [-0.2, -0.15) is 0 Å². The summed E-state index contributed by atoms with van der Waals surface area (Å²) >= 11 is 0. The molecule has 0 aromatic heterocycles. The first-order valence-electron chi connectivity index (χ1n) is 6.15. The molecule has 3 heteroatoms. The average Bonchev–Trinajstić information content (AvgIpc) is 2.30. The first-order chi connectivity index (χ1) is 8.95. The Bertz CT molecular complexity index is 612. The first-order valence-corrected chi connectivity index (χ1v) is 6.15. The van der Waals surface area contributed by atoms with Gasteiger partial charge in [-0.1, -0.05) is 6.07 Å². The molecular formula is C16H17NO2. The molecule has 0 radical (unpaired) electrons. The first kappa shape index (κ1) is 13.1. The molecule has 0 atom stereocenters. The summed E-state index contributed by atoms with van der Waals surface area (Å²) in [7, 11) is 0. The minimum Gasteiger partial charge on any atom is -0.478 e. The summed E-state index contributed by atoms with van der Waals surface area (Å²) in [6, 6.07) is 11.3. The molecule has 19 heavy (non-hydrogen) atoms. The van der Waals surface area contributed by atoms with Crippen molar-refractivity contribution in [3.63, 3.8) is 0 Å². The van der Waals surface area contributed by atoms with Crippen molar-refractivity contribution < 1.29 is 9.90 Å². The van der Waals surface area contributed by atoms with Crippen molar-refractivity contribution in [2.75, 3.05) is 5.32 Å². The lowest BCUT2D eigenvalue weighted by molar-refractivity contribution is 0.0697. The molecule has 2 N–H and O–H groups in total. The Morgan fingerprint density at radius 2 is 1.63 bits per heavy atom. The summed E-state index contributed by atoms with van der Waals surface area (Å²) in [5, 5.41) is 12.3. The van der Waals surface area contributed by atoms with E-state index in [9.17, 15) is 4.79 Å². The zero-order valence-corrected chi connectivity index (χ0v) is 11.3. The van der Waals surface area contributed by atoms with Crippen LogP contribution in [-0.4, -0.2) is 11.1 Å². The van der Waals surface area contributed by atoms with Crippen LogP contribution in [-0.2, 0) is 0 Å². The van der Waals surface area contributed by atoms with Crippen LogP contribution in [0.15, 0.2) is 36.4 Å². The number of benzene rings is 2. The van der Waals surface area contributed by atoms with Crippen molar-refractivity contribution in [3.8, 4) is 0 Å². The number of nitrogens with one attached hydrogen (secondary N) is 1. The molecule has 0 spiro atoms. The van der Waals surface area contributed by atoms with E-state index in [4.69, 9.17) is 5.11 Å². The topological polar surface area (TPSA) is 49.3 Å². The Hall–Kier alpha value is -2.29. The van der Waals surface area contributed by atoms with Crippen molar-refractivity contribution in [1.82, 2.24) is 0 Å². The second-order valence-corrected chi connectivity index (χ2v) is 4.84. The van der Waals surface area contributed by atoms with E-state index < -0.39 is 5.97 Å². The van der Waals surface area contributed by atoms with Gasteiger partial charge in [-0.15, -0.1) is 0 Å². The fourth-order valence-corrected chi connectivity index (χ4v) is 2.14. The van der Waals surface area contributed by atoms with E-state index in [1.165, 1.54) is 11.1 Å². The van der Waals surface area contributed by atoms with Gasteiger partial charge in [0, 0.05) is 11.4 Å². The fourth-order valence-electron chi connectivity index (χ4n) is 2.14. The molecule has 0 saturated heterocycles. The normalized spacial score (nSPS) is 10.3. The molecule has 0 heterocycles. The maximum atomic E-state index is 10.9. The van der Waals surface area contributed by atoms with Crippen molar-refractivity contribution in [3.05, 3.63) is 58.7 Å². The largest absolute Gasteiger partial charge is 0.478 e. The number of carboxylic acids is 1. The van der Waals surface area contributed by atoms with Crippen LogP contribution in [0.2, 0.25) is 0 Å². The number of aryl methyl sites for hydroxylation is 3. The van der Waals surface area contributed by atoms with E-state index in [2.05, 4.69) is 37.4 Å². The van der Waals surface area contributed by atoms with Crippen molar-refractivity contribution in [2.45, 2.75) is 20.8 Å². The Balaban J connectivity index is 2.30. The molecule has 0 fully saturated rings. The number of aromatic carboxylic acids is 1. The van der Waals surface area contributed by atoms with Gasteiger partial charge in [0.25, 0.3) is 0 Å². The van der Waals surface area contributed by atoms with Gasteiger partial charge in [0.05, 0.1) is 5.56 Å². The highest BCUT2D eigenvalue weighted by atomic mass is 16.4. The SMILES string of the molecule is Cc1cc(C)cc(Nc2ccc(C(=O)O)cc2C)c1. The third kappa shape index (κ3) is 3.13. The lowest BCUT2D eigenvalue weighted by atomic mass is 10.1. The van der Waals surface area contributed by atoms with Crippen LogP contribution in [0.3, 0.4) is 0 Å². The Morgan fingerprint density at radius 1 is 1.00 bits per heavy atom. The maximum Gasteiger partial charge on any atom is 0.335 e. The highest BCUT2D eigenvalue weighted by Crippen LogP contribution is 2.23. The van der Waals surface area contributed by atoms with Crippen LogP contribution in [0.4, 0.5) is 11.4 Å². The van der Waals surface area contributed by atoms with Crippen LogP contribution >= 0.6 is 0 Å². The van der Waals surface area contributed by atoms with E-state index in [1.54, 1.807) is 18.2 Å². The van der Waals surface area contributed by atoms with Gasteiger partial charge in [0.2, 0.25) is 0 Å². The van der Waals surface area contributed by atoms with Gasteiger partial charge in [-0.05, 0) is 67.8 Å². The van der Waals surface area contributed by atoms with E-state index in [1.807, 2.05) is 6.92 Å². The highest BCUT2D eigenvalue weighted by Gasteiger charge is 2.06. The zero-order chi connectivity index (χ0) is 14.0. The molecule has 0 bridgehead atoms. The smallest absolute Gasteiger partial charge is 0.335 e. The van der Waals surface area contributed by atoms with Crippen LogP contribution in [0.1, 0.15) is 27.0 Å². The predicted molar refractivity (Wildman–Crippen MR) is 77.3 cm³/mol. The second-order valence-electron chi connectivity index (χ2n) is 4.84. The Morgan fingerprint density at radius 3 is 2.16 bits per heavy atom. The van der Waals surface area contributed by atoms with Gasteiger partial charge in [-0.3, -0.25) is 0 Å². The van der Waals surface area contributed by atoms with Gasteiger partial charge in [0.1, 0.15) is 0 Å². The molecule has 2 aromatic rings. The lowest BCUT2D eigenvalue weighted by Gasteiger charge is -2.11. The summed E-state index contributed by atoms with van der Waals surface area (Å²) in [4.78, 5) is 10.9. The number of carboxylic acid groups (broad SMARTS) is 1. The second kappa shape index (κ2) is 5.14. The number of carbonyl (C=O) groups is 1. The van der Waals surface area contributed by atoms with Crippen LogP contribution in [0.25, 0.3) is 0 Å². The molecule has 0 aliphatic heterocycles. The van der Waals surface area contributed by atoms with Crippen LogP contribution in [0, 0.1) is 20.8 Å². The molecule has 2 rings (SSSR count). The maximum absolute atomic E-state index is 10.9. The van der Waals surface area contributed by atoms with E-state index in [0.29, 0.717) is 5.56 Å². The monoisotopic (exact) mass is 255 g/mol. The molecule has 98 valence electrons. The molecule has 2 aromatic carbocycles. The minimum atomic E-state index is -0.902. The summed E-state index contributed by atoms with van der Waals surface area (Å²) in [5.41, 5.74) is 5.56. The van der Waals surface area contributed by atoms with Crippen molar-refractivity contribution in [1.29, 1.82) is 0 Å². The standard InChI is InChI=1S/C16H17NO2/c1-10-6-11(2)8-14(7-10)17-15-5-4-13(16(18)19)9-12(15)3/h4-9,17H,1-3H3,(H,18,19). The summed E-state index contributed by atoms with van der Waals surface area (Å²) in [5.74, 6) is -0.902. The molecule has 3 nitrogen and oxygen atoms in total. The van der Waals surface area contributed by atoms with Gasteiger partial charge in [0.15, 0.2) is 0 Å². The van der Waals surface area contributed by atoms with E-state index >= 15 is 0 Å². The van der Waals surface area contributed by atoms with E-state index in [-0.39, 0.29) is 0 Å². The third-order valence-electron chi connectivity index (χ3n) is 2.97. The molecule has 0 unspecified atom stereocenters. The minimum absolute atomic E-state index is 0.309. The molecule has 0 amide bonds. The molecule has 0 saturated carbocycles. The Labute approximate surface area is 112 Å². The average molecular weight is 255 g/mol. The molecule has 0 aliphatic carbocycles. The highest BCUT2D eigenvalue weighted by molar-refractivity contribution is 5.88. The number of rotatable bonds is 3.